The zero-order chi connectivity index (χ0) is 12.1. The van der Waals surface area contributed by atoms with Crippen molar-refractivity contribution in [3.05, 3.63) is 48.3 Å². The van der Waals surface area contributed by atoms with Crippen LogP contribution in [0.2, 0.25) is 0 Å². The minimum atomic E-state index is -0.149. The second-order valence-corrected chi connectivity index (χ2v) is 3.61. The first-order chi connectivity index (χ1) is 8.28. The van der Waals surface area contributed by atoms with Gasteiger partial charge in [-0.05, 0) is 23.8 Å². The molecule has 0 saturated carbocycles. The molecule has 5 heteroatoms. The highest BCUT2D eigenvalue weighted by Crippen LogP contribution is 2.10. The molecule has 1 aromatic carbocycles. The van der Waals surface area contributed by atoms with E-state index in [0.29, 0.717) is 5.69 Å². The lowest BCUT2D eigenvalue weighted by atomic mass is 10.2. The number of benzene rings is 1. The maximum Gasteiger partial charge on any atom is 0.246 e. The average molecular weight is 231 g/mol. The normalized spacial score (nSPS) is 10.2. The predicted molar refractivity (Wildman–Crippen MR) is 63.2 cm³/mol. The van der Waals surface area contributed by atoms with Gasteiger partial charge in [-0.25, -0.2) is 0 Å². The monoisotopic (exact) mass is 231 g/mol. The van der Waals surface area contributed by atoms with Crippen LogP contribution in [0.5, 0.6) is 0 Å². The highest BCUT2D eigenvalue weighted by Gasteiger charge is 2.03. The molecule has 1 amide bonds. The molecule has 5 nitrogen and oxygen atoms in total. The number of anilines is 1. The number of carbonyl (C=O) groups excluding carboxylic acids is 1. The van der Waals surface area contributed by atoms with Crippen LogP contribution in [0.1, 0.15) is 5.56 Å². The molecule has 0 unspecified atom stereocenters. The first-order valence-electron chi connectivity index (χ1n) is 5.25. The molecule has 0 aliphatic carbocycles. The van der Waals surface area contributed by atoms with Gasteiger partial charge in [-0.3, -0.25) is 9.48 Å². The van der Waals surface area contributed by atoms with Crippen LogP contribution in [0.3, 0.4) is 0 Å². The van der Waals surface area contributed by atoms with Crippen molar-refractivity contribution in [1.82, 2.24) is 9.78 Å². The standard InChI is InChI=1S/C12H13N3O2/c16-9-10-3-1-4-11(7-10)14-12(17)8-15-6-2-5-13-15/h1-7,16H,8-9H2,(H,14,17). The number of aliphatic hydroxyl groups is 1. The average Bonchev–Trinajstić information content (AvgIpc) is 2.82. The molecule has 1 heterocycles. The summed E-state index contributed by atoms with van der Waals surface area (Å²) in [4.78, 5) is 11.6. The van der Waals surface area contributed by atoms with E-state index in [0.717, 1.165) is 5.56 Å². The Labute approximate surface area is 98.7 Å². The van der Waals surface area contributed by atoms with Gasteiger partial charge in [0.05, 0.1) is 6.61 Å². The number of nitrogens with one attached hydrogen (secondary N) is 1. The van der Waals surface area contributed by atoms with E-state index in [2.05, 4.69) is 10.4 Å². The third-order valence-corrected chi connectivity index (χ3v) is 2.26. The summed E-state index contributed by atoms with van der Waals surface area (Å²) in [6.45, 7) is 0.138. The fourth-order valence-electron chi connectivity index (χ4n) is 1.49. The first kappa shape index (κ1) is 11.3. The smallest absolute Gasteiger partial charge is 0.246 e. The number of aromatic nitrogens is 2. The summed E-state index contributed by atoms with van der Waals surface area (Å²) in [6, 6.07) is 8.86. The first-order valence-corrected chi connectivity index (χ1v) is 5.25. The Morgan fingerprint density at radius 2 is 2.29 bits per heavy atom. The van der Waals surface area contributed by atoms with E-state index in [-0.39, 0.29) is 19.1 Å². The van der Waals surface area contributed by atoms with Crippen LogP contribution >= 0.6 is 0 Å². The van der Waals surface area contributed by atoms with Crippen molar-refractivity contribution in [3.8, 4) is 0 Å². The minimum Gasteiger partial charge on any atom is -0.392 e. The molecule has 1 aromatic heterocycles. The number of hydrogen-bond donors (Lipinski definition) is 2. The highest BCUT2D eigenvalue weighted by atomic mass is 16.3. The second kappa shape index (κ2) is 5.27. The third kappa shape index (κ3) is 3.15. The SMILES string of the molecule is O=C(Cn1cccn1)Nc1cccc(CO)c1. The van der Waals surface area contributed by atoms with Crippen LogP contribution in [0.15, 0.2) is 42.7 Å². The van der Waals surface area contributed by atoms with Crippen molar-refractivity contribution in [2.75, 3.05) is 5.32 Å². The molecule has 2 rings (SSSR count). The predicted octanol–water partition coefficient (Wildman–Crippen LogP) is 1.01. The van der Waals surface area contributed by atoms with Gasteiger partial charge in [-0.1, -0.05) is 12.1 Å². The van der Waals surface area contributed by atoms with E-state index in [1.165, 1.54) is 0 Å². The number of hydrogen-bond acceptors (Lipinski definition) is 3. The molecule has 0 atom stereocenters. The fourth-order valence-corrected chi connectivity index (χ4v) is 1.49. The molecule has 0 aliphatic rings. The van der Waals surface area contributed by atoms with Crippen molar-refractivity contribution in [2.24, 2.45) is 0 Å². The number of carbonyl (C=O) groups is 1. The molecule has 0 saturated heterocycles. The Hall–Kier alpha value is -2.14. The molecule has 17 heavy (non-hydrogen) atoms. The van der Waals surface area contributed by atoms with Crippen molar-refractivity contribution >= 4 is 11.6 Å². The van der Waals surface area contributed by atoms with Crippen LogP contribution in [-0.2, 0) is 17.9 Å². The van der Waals surface area contributed by atoms with Gasteiger partial charge in [0.15, 0.2) is 0 Å². The quantitative estimate of drug-likeness (QED) is 0.825. The maximum atomic E-state index is 11.6. The second-order valence-electron chi connectivity index (χ2n) is 3.61. The Morgan fingerprint density at radius 3 is 3.00 bits per heavy atom. The molecule has 0 fully saturated rings. The van der Waals surface area contributed by atoms with E-state index < -0.39 is 0 Å². The Balaban J connectivity index is 1.98. The molecule has 0 aliphatic heterocycles. The Bertz CT molecular complexity index is 494. The minimum absolute atomic E-state index is 0.0388. The molecular formula is C12H13N3O2. The summed E-state index contributed by atoms with van der Waals surface area (Å²) in [6.07, 6.45) is 3.35. The summed E-state index contributed by atoms with van der Waals surface area (Å²) < 4.78 is 1.55. The van der Waals surface area contributed by atoms with E-state index >= 15 is 0 Å². The van der Waals surface area contributed by atoms with Gasteiger partial charge in [0.25, 0.3) is 0 Å². The lowest BCUT2D eigenvalue weighted by molar-refractivity contribution is -0.116. The lowest BCUT2D eigenvalue weighted by Gasteiger charge is -2.06. The lowest BCUT2D eigenvalue weighted by Crippen LogP contribution is -2.19. The van der Waals surface area contributed by atoms with Gasteiger partial charge in [0, 0.05) is 18.1 Å². The van der Waals surface area contributed by atoms with Crippen LogP contribution < -0.4 is 5.32 Å². The number of nitrogens with zero attached hydrogens (tertiary/aromatic N) is 2. The van der Waals surface area contributed by atoms with E-state index in [1.54, 1.807) is 47.4 Å². The van der Waals surface area contributed by atoms with Gasteiger partial charge >= 0.3 is 0 Å². The summed E-state index contributed by atoms with van der Waals surface area (Å²) >= 11 is 0. The third-order valence-electron chi connectivity index (χ3n) is 2.26. The summed E-state index contributed by atoms with van der Waals surface area (Å²) in [5, 5.41) is 15.7. The summed E-state index contributed by atoms with van der Waals surface area (Å²) in [5.41, 5.74) is 1.44. The molecule has 0 bridgehead atoms. The zero-order valence-electron chi connectivity index (χ0n) is 9.21. The van der Waals surface area contributed by atoms with E-state index in [9.17, 15) is 4.79 Å². The molecule has 2 aromatic rings. The summed E-state index contributed by atoms with van der Waals surface area (Å²) in [5.74, 6) is -0.149. The van der Waals surface area contributed by atoms with Gasteiger partial charge in [0.1, 0.15) is 6.54 Å². The molecular weight excluding hydrogens is 218 g/mol. The Morgan fingerprint density at radius 1 is 1.41 bits per heavy atom. The van der Waals surface area contributed by atoms with Gasteiger partial charge < -0.3 is 10.4 Å². The molecule has 88 valence electrons. The van der Waals surface area contributed by atoms with Crippen molar-refractivity contribution in [2.45, 2.75) is 13.2 Å². The maximum absolute atomic E-state index is 11.6. The molecule has 0 spiro atoms. The molecule has 2 N–H and O–H groups in total. The van der Waals surface area contributed by atoms with Crippen molar-refractivity contribution in [1.29, 1.82) is 0 Å². The topological polar surface area (TPSA) is 67.2 Å². The van der Waals surface area contributed by atoms with E-state index in [4.69, 9.17) is 5.11 Å². The van der Waals surface area contributed by atoms with Gasteiger partial charge in [-0.2, -0.15) is 5.10 Å². The van der Waals surface area contributed by atoms with E-state index in [1.807, 2.05) is 0 Å². The van der Waals surface area contributed by atoms with Crippen LogP contribution in [-0.4, -0.2) is 20.8 Å². The fraction of sp³-hybridized carbons (Fsp3) is 0.167. The number of amides is 1. The van der Waals surface area contributed by atoms with Gasteiger partial charge in [0.2, 0.25) is 5.91 Å². The van der Waals surface area contributed by atoms with Crippen molar-refractivity contribution in [3.63, 3.8) is 0 Å². The van der Waals surface area contributed by atoms with Crippen molar-refractivity contribution < 1.29 is 9.90 Å². The van der Waals surface area contributed by atoms with Gasteiger partial charge in [-0.15, -0.1) is 0 Å². The largest absolute Gasteiger partial charge is 0.392 e. The van der Waals surface area contributed by atoms with Crippen LogP contribution in [0.4, 0.5) is 5.69 Å². The summed E-state index contributed by atoms with van der Waals surface area (Å²) in [7, 11) is 0. The Kier molecular flexibility index (Phi) is 3.52. The molecule has 0 radical (unpaired) electrons. The highest BCUT2D eigenvalue weighted by molar-refractivity contribution is 5.90. The number of aliphatic hydroxyl groups excluding tert-OH is 1. The zero-order valence-corrected chi connectivity index (χ0v) is 9.21. The number of rotatable bonds is 4. The van der Waals surface area contributed by atoms with Crippen LogP contribution in [0, 0.1) is 0 Å². The van der Waals surface area contributed by atoms with Crippen LogP contribution in [0.25, 0.3) is 0 Å².